The number of hydrogen-bond acceptors (Lipinski definition) is 3. The third kappa shape index (κ3) is 3.61. The van der Waals surface area contributed by atoms with Gasteiger partial charge in [-0.05, 0) is 41.5 Å². The molecule has 5 nitrogen and oxygen atoms in total. The first kappa shape index (κ1) is 17.4. The van der Waals surface area contributed by atoms with Gasteiger partial charge in [-0.25, -0.2) is 4.39 Å². The van der Waals surface area contributed by atoms with Gasteiger partial charge in [0.15, 0.2) is 5.69 Å². The summed E-state index contributed by atoms with van der Waals surface area (Å²) in [6.45, 7) is 1.51. The summed E-state index contributed by atoms with van der Waals surface area (Å²) in [7, 11) is 1.78. The van der Waals surface area contributed by atoms with Crippen molar-refractivity contribution in [2.24, 2.45) is 7.05 Å². The lowest BCUT2D eigenvalue weighted by Gasteiger charge is -2.32. The third-order valence-corrected chi connectivity index (χ3v) is 4.76. The molecule has 4 rings (SSSR count). The summed E-state index contributed by atoms with van der Waals surface area (Å²) in [5.41, 5.74) is 3.02. The van der Waals surface area contributed by atoms with Gasteiger partial charge >= 0.3 is 0 Å². The number of halogens is 1. The minimum absolute atomic E-state index is 0.122. The van der Waals surface area contributed by atoms with Gasteiger partial charge in [-0.15, -0.1) is 0 Å². The normalized spacial score (nSPS) is 17.1. The second kappa shape index (κ2) is 7.32. The molecule has 1 saturated heterocycles. The zero-order valence-corrected chi connectivity index (χ0v) is 15.0. The molecule has 1 aromatic heterocycles. The van der Waals surface area contributed by atoms with Crippen LogP contribution in [0.25, 0.3) is 11.3 Å². The number of ether oxygens (including phenoxy) is 1. The van der Waals surface area contributed by atoms with Crippen molar-refractivity contribution in [1.82, 2.24) is 14.7 Å². The summed E-state index contributed by atoms with van der Waals surface area (Å²) in [6, 6.07) is 17.8. The number of hydrogen-bond donors (Lipinski definition) is 0. The summed E-state index contributed by atoms with van der Waals surface area (Å²) < 4.78 is 20.6. The fourth-order valence-corrected chi connectivity index (χ4v) is 3.33. The predicted molar refractivity (Wildman–Crippen MR) is 99.6 cm³/mol. The highest BCUT2D eigenvalue weighted by Gasteiger charge is 2.27. The number of aromatic nitrogens is 2. The first-order chi connectivity index (χ1) is 13.1. The van der Waals surface area contributed by atoms with E-state index in [2.05, 4.69) is 5.10 Å². The largest absolute Gasteiger partial charge is 0.370 e. The molecule has 2 heterocycles. The van der Waals surface area contributed by atoms with E-state index in [0.717, 1.165) is 16.8 Å². The molecule has 1 atom stereocenters. The highest BCUT2D eigenvalue weighted by Crippen LogP contribution is 2.25. The van der Waals surface area contributed by atoms with Crippen LogP contribution in [0, 0.1) is 5.82 Å². The zero-order chi connectivity index (χ0) is 18.8. The Morgan fingerprint density at radius 1 is 1.15 bits per heavy atom. The van der Waals surface area contributed by atoms with E-state index in [9.17, 15) is 9.18 Å². The van der Waals surface area contributed by atoms with Gasteiger partial charge in [0.05, 0.1) is 18.8 Å². The van der Waals surface area contributed by atoms with Gasteiger partial charge in [-0.1, -0.05) is 30.3 Å². The molecule has 1 aliphatic heterocycles. The van der Waals surface area contributed by atoms with E-state index < -0.39 is 0 Å². The average Bonchev–Trinajstić information content (AvgIpc) is 3.10. The Labute approximate surface area is 157 Å². The number of rotatable bonds is 3. The highest BCUT2D eigenvalue weighted by atomic mass is 19.1. The Hall–Kier alpha value is -2.99. The van der Waals surface area contributed by atoms with Gasteiger partial charge in [0, 0.05) is 13.6 Å². The summed E-state index contributed by atoms with van der Waals surface area (Å²) >= 11 is 0. The predicted octanol–water partition coefficient (Wildman–Crippen LogP) is 3.44. The fraction of sp³-hybridized carbons (Fsp3) is 0.238. The Morgan fingerprint density at radius 3 is 2.63 bits per heavy atom. The first-order valence-electron chi connectivity index (χ1n) is 8.87. The molecular formula is C21H20FN3O2. The second-order valence-electron chi connectivity index (χ2n) is 6.57. The van der Waals surface area contributed by atoms with Crippen molar-refractivity contribution in [3.63, 3.8) is 0 Å². The van der Waals surface area contributed by atoms with E-state index in [1.165, 1.54) is 12.1 Å². The summed E-state index contributed by atoms with van der Waals surface area (Å²) in [6.07, 6.45) is -0.135. The number of amides is 1. The van der Waals surface area contributed by atoms with Gasteiger partial charge in [0.2, 0.25) is 0 Å². The molecule has 0 spiro atoms. The summed E-state index contributed by atoms with van der Waals surface area (Å²) in [5.74, 6) is -0.416. The van der Waals surface area contributed by atoms with Crippen LogP contribution >= 0.6 is 0 Å². The average molecular weight is 365 g/mol. The molecule has 3 aromatic rings. The molecule has 1 fully saturated rings. The number of carbonyl (C=O) groups excluding carboxylic acids is 1. The van der Waals surface area contributed by atoms with Crippen molar-refractivity contribution in [1.29, 1.82) is 0 Å². The molecule has 0 radical (unpaired) electrons. The van der Waals surface area contributed by atoms with Gasteiger partial charge in [0.25, 0.3) is 5.91 Å². The standard InChI is InChI=1S/C21H20FN3O2/c1-24-19(15-7-9-17(22)10-8-15)13-18(23-24)21(26)25-11-12-27-20(14-25)16-5-3-2-4-6-16/h2-10,13,20H,11-12,14H2,1H3. The van der Waals surface area contributed by atoms with Gasteiger partial charge in [0.1, 0.15) is 11.9 Å². The second-order valence-corrected chi connectivity index (χ2v) is 6.57. The number of morpholine rings is 1. The minimum atomic E-state index is -0.294. The van der Waals surface area contributed by atoms with E-state index in [0.29, 0.717) is 25.4 Å². The lowest BCUT2D eigenvalue weighted by Crippen LogP contribution is -2.42. The zero-order valence-electron chi connectivity index (χ0n) is 15.0. The molecule has 138 valence electrons. The Bertz CT molecular complexity index is 938. The van der Waals surface area contributed by atoms with E-state index >= 15 is 0 Å². The van der Waals surface area contributed by atoms with Crippen LogP contribution < -0.4 is 0 Å². The van der Waals surface area contributed by atoms with Crippen molar-refractivity contribution in [3.8, 4) is 11.3 Å². The smallest absolute Gasteiger partial charge is 0.274 e. The quantitative estimate of drug-likeness (QED) is 0.714. The maximum Gasteiger partial charge on any atom is 0.274 e. The summed E-state index contributed by atoms with van der Waals surface area (Å²) in [4.78, 5) is 14.7. The van der Waals surface area contributed by atoms with Gasteiger partial charge < -0.3 is 9.64 Å². The van der Waals surface area contributed by atoms with E-state index in [-0.39, 0.29) is 17.8 Å². The molecular weight excluding hydrogens is 345 g/mol. The Kier molecular flexibility index (Phi) is 4.73. The van der Waals surface area contributed by atoms with Crippen LogP contribution in [0.5, 0.6) is 0 Å². The molecule has 0 saturated carbocycles. The van der Waals surface area contributed by atoms with Crippen molar-refractivity contribution in [2.75, 3.05) is 19.7 Å². The van der Waals surface area contributed by atoms with Gasteiger partial charge in [-0.2, -0.15) is 5.10 Å². The molecule has 2 aromatic carbocycles. The monoisotopic (exact) mass is 365 g/mol. The molecule has 1 aliphatic rings. The number of carbonyl (C=O) groups is 1. The number of aryl methyl sites for hydroxylation is 1. The van der Waals surface area contributed by atoms with E-state index in [1.807, 2.05) is 30.3 Å². The van der Waals surface area contributed by atoms with Crippen LogP contribution in [-0.4, -0.2) is 40.3 Å². The van der Waals surface area contributed by atoms with Gasteiger partial charge in [-0.3, -0.25) is 9.48 Å². The Morgan fingerprint density at radius 2 is 1.89 bits per heavy atom. The van der Waals surface area contributed by atoms with E-state index in [4.69, 9.17) is 4.74 Å². The summed E-state index contributed by atoms with van der Waals surface area (Å²) in [5, 5.41) is 4.37. The number of benzene rings is 2. The fourth-order valence-electron chi connectivity index (χ4n) is 3.33. The molecule has 0 N–H and O–H groups in total. The molecule has 6 heteroatoms. The Balaban J connectivity index is 1.54. The lowest BCUT2D eigenvalue weighted by molar-refractivity contribution is -0.0230. The van der Waals surface area contributed by atoms with Crippen LogP contribution in [0.15, 0.2) is 60.7 Å². The molecule has 0 bridgehead atoms. The van der Waals surface area contributed by atoms with Crippen LogP contribution in [0.4, 0.5) is 4.39 Å². The molecule has 27 heavy (non-hydrogen) atoms. The van der Waals surface area contributed by atoms with Crippen LogP contribution in [0.3, 0.4) is 0 Å². The highest BCUT2D eigenvalue weighted by molar-refractivity contribution is 5.93. The molecule has 0 aliphatic carbocycles. The minimum Gasteiger partial charge on any atom is -0.370 e. The molecule has 1 unspecified atom stereocenters. The first-order valence-corrected chi connectivity index (χ1v) is 8.87. The maximum absolute atomic E-state index is 13.2. The van der Waals surface area contributed by atoms with Crippen LogP contribution in [-0.2, 0) is 11.8 Å². The molecule has 1 amide bonds. The van der Waals surface area contributed by atoms with Crippen molar-refractivity contribution in [2.45, 2.75) is 6.10 Å². The van der Waals surface area contributed by atoms with Crippen molar-refractivity contribution < 1.29 is 13.9 Å². The van der Waals surface area contributed by atoms with Crippen LogP contribution in [0.1, 0.15) is 22.2 Å². The number of nitrogens with zero attached hydrogens (tertiary/aromatic N) is 3. The van der Waals surface area contributed by atoms with Crippen molar-refractivity contribution >= 4 is 5.91 Å². The third-order valence-electron chi connectivity index (χ3n) is 4.76. The lowest BCUT2D eigenvalue weighted by atomic mass is 10.1. The van der Waals surface area contributed by atoms with E-state index in [1.54, 1.807) is 34.8 Å². The van der Waals surface area contributed by atoms with Crippen molar-refractivity contribution in [3.05, 3.63) is 77.7 Å². The van der Waals surface area contributed by atoms with Crippen LogP contribution in [0.2, 0.25) is 0 Å². The maximum atomic E-state index is 13.2. The topological polar surface area (TPSA) is 47.4 Å². The SMILES string of the molecule is Cn1nc(C(=O)N2CCOC(c3ccccc3)C2)cc1-c1ccc(F)cc1.